The van der Waals surface area contributed by atoms with Gasteiger partial charge in [0.25, 0.3) is 0 Å². The molecule has 2 nitrogen and oxygen atoms in total. The first kappa shape index (κ1) is 23.2. The van der Waals surface area contributed by atoms with Gasteiger partial charge in [0.2, 0.25) is 0 Å². The van der Waals surface area contributed by atoms with Gasteiger partial charge in [-0.15, -0.1) is 11.3 Å². The second kappa shape index (κ2) is 8.57. The van der Waals surface area contributed by atoms with E-state index in [0.717, 1.165) is 21.9 Å². The van der Waals surface area contributed by atoms with Crippen LogP contribution < -0.4 is 0 Å². The predicted octanol–water partition coefficient (Wildman–Crippen LogP) is 11.9. The van der Waals surface area contributed by atoms with Gasteiger partial charge in [-0.3, -0.25) is 0 Å². The molecule has 0 spiro atoms. The third-order valence-electron chi connectivity index (χ3n) is 9.00. The molecule has 7 aromatic carbocycles. The van der Waals surface area contributed by atoms with Crippen molar-refractivity contribution in [1.82, 2.24) is 4.57 Å². The minimum absolute atomic E-state index is 0.929. The molecule has 43 heavy (non-hydrogen) atoms. The summed E-state index contributed by atoms with van der Waals surface area (Å²) in [7, 11) is 0. The Hall–Kier alpha value is -5.38. The van der Waals surface area contributed by atoms with Crippen molar-refractivity contribution >= 4 is 86.0 Å². The van der Waals surface area contributed by atoms with Gasteiger partial charge >= 0.3 is 0 Å². The summed E-state index contributed by atoms with van der Waals surface area (Å²) in [6, 6.07) is 50.4. The van der Waals surface area contributed by atoms with Gasteiger partial charge in [0.1, 0.15) is 11.2 Å². The number of thiophene rings is 1. The summed E-state index contributed by atoms with van der Waals surface area (Å²) in [6.07, 6.45) is 0. The maximum Gasteiger partial charge on any atom is 0.144 e. The maximum absolute atomic E-state index is 6.56. The first-order valence-electron chi connectivity index (χ1n) is 14.6. The Morgan fingerprint density at radius 1 is 0.465 bits per heavy atom. The Labute approximate surface area is 250 Å². The molecular weight excluding hydrogens is 543 g/mol. The second-order valence-electron chi connectivity index (χ2n) is 11.2. The number of furan rings is 1. The van der Waals surface area contributed by atoms with Crippen LogP contribution in [-0.4, -0.2) is 4.57 Å². The molecule has 0 radical (unpaired) electrons. The highest BCUT2D eigenvalue weighted by Crippen LogP contribution is 2.48. The fourth-order valence-electron chi connectivity index (χ4n) is 7.16. The maximum atomic E-state index is 6.56. The lowest BCUT2D eigenvalue weighted by Gasteiger charge is -2.15. The summed E-state index contributed by atoms with van der Waals surface area (Å²) in [5.74, 6) is 0. The molecule has 0 unspecified atom stereocenters. The van der Waals surface area contributed by atoms with Crippen LogP contribution in [0.15, 0.2) is 144 Å². The van der Waals surface area contributed by atoms with Crippen molar-refractivity contribution in [1.29, 1.82) is 0 Å². The molecule has 3 heteroatoms. The van der Waals surface area contributed by atoms with Gasteiger partial charge in [0, 0.05) is 52.7 Å². The smallest absolute Gasteiger partial charge is 0.144 e. The molecule has 0 aliphatic carbocycles. The highest BCUT2D eigenvalue weighted by molar-refractivity contribution is 7.26. The lowest BCUT2D eigenvalue weighted by atomic mass is 9.94. The van der Waals surface area contributed by atoms with Gasteiger partial charge in [-0.2, -0.15) is 0 Å². The van der Waals surface area contributed by atoms with E-state index in [1.165, 1.54) is 69.6 Å². The fourth-order valence-corrected chi connectivity index (χ4v) is 8.39. The number of fused-ring (bicyclic) bond motifs is 11. The molecule has 3 aromatic heterocycles. The number of hydrogen-bond acceptors (Lipinski definition) is 2. The first-order valence-corrected chi connectivity index (χ1v) is 15.4. The Bertz CT molecular complexity index is 2690. The normalized spacial score (nSPS) is 12.2. The number of benzene rings is 7. The molecule has 0 saturated carbocycles. The topological polar surface area (TPSA) is 18.1 Å². The van der Waals surface area contributed by atoms with Crippen molar-refractivity contribution in [3.05, 3.63) is 140 Å². The summed E-state index contributed by atoms with van der Waals surface area (Å²) in [4.78, 5) is 0. The van der Waals surface area contributed by atoms with Crippen LogP contribution in [-0.2, 0) is 0 Å². The molecule has 0 saturated heterocycles. The lowest BCUT2D eigenvalue weighted by Crippen LogP contribution is -1.96. The van der Waals surface area contributed by atoms with E-state index in [2.05, 4.69) is 144 Å². The molecule has 0 fully saturated rings. The van der Waals surface area contributed by atoms with Gasteiger partial charge in [0.05, 0.1) is 16.7 Å². The van der Waals surface area contributed by atoms with Crippen LogP contribution in [0.1, 0.15) is 0 Å². The quantitative estimate of drug-likeness (QED) is 0.204. The van der Waals surface area contributed by atoms with Crippen LogP contribution in [0.5, 0.6) is 0 Å². The average Bonchev–Trinajstić information content (AvgIpc) is 3.74. The zero-order chi connectivity index (χ0) is 28.1. The van der Waals surface area contributed by atoms with Gasteiger partial charge < -0.3 is 8.98 Å². The third kappa shape index (κ3) is 3.12. The molecule has 0 aliphatic heterocycles. The Balaban J connectivity index is 1.34. The van der Waals surface area contributed by atoms with E-state index in [1.807, 2.05) is 11.3 Å². The molecule has 0 amide bonds. The van der Waals surface area contributed by atoms with Crippen LogP contribution in [0.3, 0.4) is 0 Å². The summed E-state index contributed by atoms with van der Waals surface area (Å²) >= 11 is 1.86. The third-order valence-corrected chi connectivity index (χ3v) is 10.2. The van der Waals surface area contributed by atoms with Gasteiger partial charge in [-0.25, -0.2) is 0 Å². The second-order valence-corrected chi connectivity index (χ2v) is 12.3. The summed E-state index contributed by atoms with van der Waals surface area (Å²) in [6.45, 7) is 0. The number of para-hydroxylation sites is 3. The Kier molecular flexibility index (Phi) is 4.63. The highest BCUT2D eigenvalue weighted by Gasteiger charge is 2.21. The van der Waals surface area contributed by atoms with Crippen molar-refractivity contribution < 1.29 is 4.42 Å². The molecule has 0 N–H and O–H groups in total. The molecule has 10 rings (SSSR count). The minimum atomic E-state index is 0.929. The zero-order valence-electron chi connectivity index (χ0n) is 23.0. The van der Waals surface area contributed by atoms with Crippen molar-refractivity contribution in [3.63, 3.8) is 0 Å². The minimum Gasteiger partial charge on any atom is -0.455 e. The number of rotatable bonds is 2. The summed E-state index contributed by atoms with van der Waals surface area (Å²) < 4.78 is 11.5. The van der Waals surface area contributed by atoms with E-state index in [-0.39, 0.29) is 0 Å². The lowest BCUT2D eigenvalue weighted by molar-refractivity contribution is 0.673. The zero-order valence-corrected chi connectivity index (χ0v) is 23.9. The van der Waals surface area contributed by atoms with Crippen LogP contribution in [0.2, 0.25) is 0 Å². The number of hydrogen-bond donors (Lipinski definition) is 0. The molecule has 0 bridgehead atoms. The van der Waals surface area contributed by atoms with Crippen LogP contribution in [0, 0.1) is 0 Å². The molecular formula is C40H23NOS. The fraction of sp³-hybridized carbons (Fsp3) is 0. The van der Waals surface area contributed by atoms with Crippen molar-refractivity contribution in [3.8, 4) is 16.8 Å². The highest BCUT2D eigenvalue weighted by atomic mass is 32.1. The van der Waals surface area contributed by atoms with Crippen molar-refractivity contribution in [2.45, 2.75) is 0 Å². The van der Waals surface area contributed by atoms with Gasteiger partial charge in [0.15, 0.2) is 0 Å². The summed E-state index contributed by atoms with van der Waals surface area (Å²) in [5, 5.41) is 9.80. The summed E-state index contributed by atoms with van der Waals surface area (Å²) in [5.41, 5.74) is 8.03. The molecule has 0 aliphatic rings. The Morgan fingerprint density at radius 2 is 1.07 bits per heavy atom. The Morgan fingerprint density at radius 3 is 1.84 bits per heavy atom. The largest absolute Gasteiger partial charge is 0.455 e. The van der Waals surface area contributed by atoms with E-state index < -0.39 is 0 Å². The van der Waals surface area contributed by atoms with Crippen molar-refractivity contribution in [2.75, 3.05) is 0 Å². The predicted molar refractivity (Wildman–Crippen MR) is 184 cm³/mol. The first-order chi connectivity index (χ1) is 21.3. The van der Waals surface area contributed by atoms with E-state index in [9.17, 15) is 0 Å². The van der Waals surface area contributed by atoms with E-state index in [0.29, 0.717) is 0 Å². The molecule has 10 aromatic rings. The SMILES string of the molecule is c1ccc2c(c1)oc1c2cc(-c2ccc(-n3c4ccccc4c4ccccc43)c3ccccc23)c2sc3ccccc3c21. The molecule has 200 valence electrons. The van der Waals surface area contributed by atoms with Crippen molar-refractivity contribution in [2.24, 2.45) is 0 Å². The number of aromatic nitrogens is 1. The van der Waals surface area contributed by atoms with Crippen LogP contribution in [0.4, 0.5) is 0 Å². The number of nitrogens with zero attached hydrogens (tertiary/aromatic N) is 1. The van der Waals surface area contributed by atoms with E-state index in [1.54, 1.807) is 0 Å². The van der Waals surface area contributed by atoms with Crippen LogP contribution in [0.25, 0.3) is 91.5 Å². The monoisotopic (exact) mass is 565 g/mol. The van der Waals surface area contributed by atoms with Gasteiger partial charge in [-0.1, -0.05) is 103 Å². The van der Waals surface area contributed by atoms with Crippen LogP contribution >= 0.6 is 11.3 Å². The van der Waals surface area contributed by atoms with Gasteiger partial charge in [-0.05, 0) is 47.3 Å². The standard InChI is InChI=1S/C40H23NOS/c1-2-12-26-24(11-1)25(21-22-35(26)41-33-17-7-3-13-27(33)28-14-4-8-18-34(28)41)32-23-31-29-15-5-9-19-36(29)42-39(31)38-30-16-6-10-20-37(30)43-40(32)38/h1-23H. The van der Waals surface area contributed by atoms with E-state index in [4.69, 9.17) is 4.42 Å². The molecule has 3 heterocycles. The van der Waals surface area contributed by atoms with E-state index >= 15 is 0 Å². The average molecular weight is 566 g/mol. The molecule has 0 atom stereocenters.